The van der Waals surface area contributed by atoms with E-state index in [1.165, 1.54) is 5.56 Å². The molecule has 1 aliphatic rings. The fraction of sp³-hybridized carbons (Fsp3) is 0.375. The topological polar surface area (TPSA) is 36.4 Å². The van der Waals surface area contributed by atoms with Gasteiger partial charge >= 0.3 is 0 Å². The van der Waals surface area contributed by atoms with Gasteiger partial charge < -0.3 is 4.90 Å². The van der Waals surface area contributed by atoms with Crippen LogP contribution in [0.3, 0.4) is 0 Å². The highest BCUT2D eigenvalue weighted by atomic mass is 32.1. The number of amides is 1. The van der Waals surface area contributed by atoms with Crippen LogP contribution in [0.2, 0.25) is 0 Å². The van der Waals surface area contributed by atoms with Crippen LogP contribution >= 0.6 is 11.3 Å². The zero-order valence-electron chi connectivity index (χ0n) is 12.1. The van der Waals surface area contributed by atoms with Gasteiger partial charge in [0.2, 0.25) is 5.91 Å². The number of piperazine rings is 1. The third-order valence-corrected chi connectivity index (χ3v) is 4.56. The van der Waals surface area contributed by atoms with Crippen molar-refractivity contribution in [1.29, 1.82) is 0 Å². The van der Waals surface area contributed by atoms with Gasteiger partial charge in [-0.1, -0.05) is 30.3 Å². The first-order valence-corrected chi connectivity index (χ1v) is 8.10. The second-order valence-electron chi connectivity index (χ2n) is 5.35. The molecule has 5 heteroatoms. The van der Waals surface area contributed by atoms with Crippen molar-refractivity contribution in [2.75, 3.05) is 19.6 Å². The third kappa shape index (κ3) is 3.31. The smallest absolute Gasteiger partial charge is 0.220 e. The molecular formula is C16H19N3OS. The monoisotopic (exact) mass is 301 g/mol. The summed E-state index contributed by atoms with van der Waals surface area (Å²) < 4.78 is 0. The van der Waals surface area contributed by atoms with E-state index in [0.717, 1.165) is 31.9 Å². The van der Waals surface area contributed by atoms with Crippen LogP contribution in [0.15, 0.2) is 41.2 Å². The van der Waals surface area contributed by atoms with Gasteiger partial charge in [-0.25, -0.2) is 4.98 Å². The number of thiazole rings is 1. The Labute approximate surface area is 129 Å². The Morgan fingerprint density at radius 2 is 2.14 bits per heavy atom. The van der Waals surface area contributed by atoms with Gasteiger partial charge in [0.1, 0.15) is 0 Å². The maximum absolute atomic E-state index is 11.9. The van der Waals surface area contributed by atoms with E-state index in [4.69, 9.17) is 0 Å². The summed E-state index contributed by atoms with van der Waals surface area (Å²) in [5, 5.41) is 2.09. The molecule has 0 spiro atoms. The van der Waals surface area contributed by atoms with E-state index in [1.54, 1.807) is 18.3 Å². The van der Waals surface area contributed by atoms with Crippen LogP contribution in [0.25, 0.3) is 0 Å². The first kappa shape index (κ1) is 14.2. The SMILES string of the molecule is CC(=O)N1CCN(Cc2cscn2)C[C@@H]1c1ccccc1. The van der Waals surface area contributed by atoms with Crippen molar-refractivity contribution < 1.29 is 4.79 Å². The minimum absolute atomic E-state index is 0.135. The summed E-state index contributed by atoms with van der Waals surface area (Å²) in [4.78, 5) is 20.6. The summed E-state index contributed by atoms with van der Waals surface area (Å²) in [5.74, 6) is 0.150. The maximum Gasteiger partial charge on any atom is 0.220 e. The van der Waals surface area contributed by atoms with Crippen LogP contribution < -0.4 is 0 Å². The fourth-order valence-corrected chi connectivity index (χ4v) is 3.41. The Morgan fingerprint density at radius 1 is 1.33 bits per heavy atom. The molecule has 1 aromatic heterocycles. The van der Waals surface area contributed by atoms with Crippen LogP contribution in [0.5, 0.6) is 0 Å². The summed E-state index contributed by atoms with van der Waals surface area (Å²) >= 11 is 1.63. The molecule has 21 heavy (non-hydrogen) atoms. The lowest BCUT2D eigenvalue weighted by Gasteiger charge is -2.41. The molecule has 3 rings (SSSR count). The second-order valence-corrected chi connectivity index (χ2v) is 6.07. The quantitative estimate of drug-likeness (QED) is 0.874. The third-order valence-electron chi connectivity index (χ3n) is 3.92. The lowest BCUT2D eigenvalue weighted by Crippen LogP contribution is -2.49. The second kappa shape index (κ2) is 6.37. The first-order valence-electron chi connectivity index (χ1n) is 7.15. The van der Waals surface area contributed by atoms with Crippen LogP contribution in [0, 0.1) is 0 Å². The highest BCUT2D eigenvalue weighted by molar-refractivity contribution is 7.07. The highest BCUT2D eigenvalue weighted by Gasteiger charge is 2.29. The molecule has 2 aromatic rings. The van der Waals surface area contributed by atoms with Crippen molar-refractivity contribution in [2.24, 2.45) is 0 Å². The van der Waals surface area contributed by atoms with Gasteiger partial charge in [-0.05, 0) is 5.56 Å². The van der Waals surface area contributed by atoms with Crippen molar-refractivity contribution in [1.82, 2.24) is 14.8 Å². The molecule has 0 N–H and O–H groups in total. The van der Waals surface area contributed by atoms with Crippen LogP contribution in [0.4, 0.5) is 0 Å². The molecular weight excluding hydrogens is 282 g/mol. The molecule has 0 saturated carbocycles. The Morgan fingerprint density at radius 3 is 2.81 bits per heavy atom. The van der Waals surface area contributed by atoms with Gasteiger partial charge in [0.15, 0.2) is 0 Å². The number of nitrogens with zero attached hydrogens (tertiary/aromatic N) is 3. The van der Waals surface area contributed by atoms with Gasteiger partial charge in [-0.15, -0.1) is 11.3 Å². The molecule has 110 valence electrons. The van der Waals surface area contributed by atoms with E-state index in [-0.39, 0.29) is 11.9 Å². The Kier molecular flexibility index (Phi) is 4.31. The molecule has 0 radical (unpaired) electrons. The number of hydrogen-bond donors (Lipinski definition) is 0. The minimum Gasteiger partial charge on any atom is -0.333 e. The molecule has 0 aliphatic carbocycles. The van der Waals surface area contributed by atoms with Crippen molar-refractivity contribution in [2.45, 2.75) is 19.5 Å². The van der Waals surface area contributed by atoms with Crippen LogP contribution in [0.1, 0.15) is 24.2 Å². The van der Waals surface area contributed by atoms with E-state index in [1.807, 2.05) is 28.6 Å². The molecule has 1 aromatic carbocycles. The van der Waals surface area contributed by atoms with E-state index < -0.39 is 0 Å². The van der Waals surface area contributed by atoms with Gasteiger partial charge in [-0.3, -0.25) is 9.69 Å². The maximum atomic E-state index is 11.9. The molecule has 0 unspecified atom stereocenters. The largest absolute Gasteiger partial charge is 0.333 e. The van der Waals surface area contributed by atoms with Gasteiger partial charge in [0.25, 0.3) is 0 Å². The van der Waals surface area contributed by atoms with Crippen molar-refractivity contribution in [3.63, 3.8) is 0 Å². The lowest BCUT2D eigenvalue weighted by atomic mass is 10.0. The summed E-state index contributed by atoms with van der Waals surface area (Å²) in [6, 6.07) is 10.4. The van der Waals surface area contributed by atoms with Crippen LogP contribution in [-0.2, 0) is 11.3 Å². The summed E-state index contributed by atoms with van der Waals surface area (Å²) in [5.41, 5.74) is 4.19. The first-order chi connectivity index (χ1) is 10.2. The molecule has 2 heterocycles. The molecule has 1 atom stereocenters. The standard InChI is InChI=1S/C16H19N3OS/c1-13(20)19-8-7-18(9-15-11-21-12-17-15)10-16(19)14-5-3-2-4-6-14/h2-6,11-12,16H,7-10H2,1H3/t16-/m1/s1. The lowest BCUT2D eigenvalue weighted by molar-refractivity contribution is -0.134. The van der Waals surface area contributed by atoms with Crippen molar-refractivity contribution in [3.05, 3.63) is 52.5 Å². The molecule has 1 saturated heterocycles. The molecule has 4 nitrogen and oxygen atoms in total. The summed E-state index contributed by atoms with van der Waals surface area (Å²) in [6.45, 7) is 5.06. The van der Waals surface area contributed by atoms with E-state index >= 15 is 0 Å². The Bertz CT molecular complexity index is 585. The number of carbonyl (C=O) groups excluding carboxylic acids is 1. The van der Waals surface area contributed by atoms with Gasteiger partial charge in [0, 0.05) is 38.5 Å². The number of rotatable bonds is 3. The summed E-state index contributed by atoms with van der Waals surface area (Å²) in [6.07, 6.45) is 0. The van der Waals surface area contributed by atoms with Gasteiger partial charge in [0.05, 0.1) is 17.2 Å². The zero-order chi connectivity index (χ0) is 14.7. The number of benzene rings is 1. The Hall–Kier alpha value is -1.72. The molecule has 1 fully saturated rings. The predicted molar refractivity (Wildman–Crippen MR) is 84.0 cm³/mol. The van der Waals surface area contributed by atoms with E-state index in [9.17, 15) is 4.79 Å². The Balaban J connectivity index is 1.77. The van der Waals surface area contributed by atoms with E-state index in [0.29, 0.717) is 0 Å². The molecule has 0 bridgehead atoms. The molecule has 1 amide bonds. The molecule has 1 aliphatic heterocycles. The predicted octanol–water partition coefficient (Wildman–Crippen LogP) is 2.55. The van der Waals surface area contributed by atoms with Crippen LogP contribution in [-0.4, -0.2) is 40.3 Å². The highest BCUT2D eigenvalue weighted by Crippen LogP contribution is 2.26. The normalized spacial score (nSPS) is 19.7. The van der Waals surface area contributed by atoms with Gasteiger partial charge in [-0.2, -0.15) is 0 Å². The fourth-order valence-electron chi connectivity index (χ4n) is 2.87. The number of hydrogen-bond acceptors (Lipinski definition) is 4. The average Bonchev–Trinajstić information content (AvgIpc) is 3.01. The average molecular weight is 301 g/mol. The zero-order valence-corrected chi connectivity index (χ0v) is 12.9. The summed E-state index contributed by atoms with van der Waals surface area (Å²) in [7, 11) is 0. The minimum atomic E-state index is 0.135. The number of carbonyl (C=O) groups is 1. The van der Waals surface area contributed by atoms with Crippen molar-refractivity contribution in [3.8, 4) is 0 Å². The van der Waals surface area contributed by atoms with Crippen molar-refractivity contribution >= 4 is 17.2 Å². The van der Waals surface area contributed by atoms with E-state index in [2.05, 4.69) is 27.4 Å². The number of aromatic nitrogens is 1.